The first-order valence-electron chi connectivity index (χ1n) is 4.14. The van der Waals surface area contributed by atoms with Gasteiger partial charge in [-0.25, -0.2) is 4.98 Å². The van der Waals surface area contributed by atoms with E-state index in [2.05, 4.69) is 4.98 Å². The minimum atomic E-state index is -0.559. The Hall–Kier alpha value is -1.41. The van der Waals surface area contributed by atoms with Gasteiger partial charge in [0.15, 0.2) is 0 Å². The highest BCUT2D eigenvalue weighted by Gasteiger charge is 2.01. The van der Waals surface area contributed by atoms with Crippen LogP contribution >= 0.6 is 11.6 Å². The van der Waals surface area contributed by atoms with Gasteiger partial charge in [-0.15, -0.1) is 0 Å². The summed E-state index contributed by atoms with van der Waals surface area (Å²) in [5.41, 5.74) is 1.67. The smallest absolute Gasteiger partial charge is 0.208 e. The molecule has 3 heteroatoms. The Balaban J connectivity index is 2.52. The molecule has 1 aromatic carbocycles. The van der Waals surface area contributed by atoms with Gasteiger partial charge in [0.1, 0.15) is 5.15 Å². The zero-order valence-electron chi connectivity index (χ0n) is 7.24. The third kappa shape index (κ3) is 1.91. The molecule has 0 aliphatic carbocycles. The normalized spacial score (nSPS) is 10.1. The monoisotopic (exact) mass is 207 g/mol. The van der Waals surface area contributed by atoms with E-state index in [0.29, 0.717) is 0 Å². The van der Waals surface area contributed by atoms with Gasteiger partial charge in [-0.2, -0.15) is 4.39 Å². The van der Waals surface area contributed by atoms with Crippen LogP contribution in [0.3, 0.4) is 0 Å². The number of pyridine rings is 1. The Bertz CT molecular complexity index is 422. The Labute approximate surface area is 86.2 Å². The lowest BCUT2D eigenvalue weighted by Crippen LogP contribution is -1.85. The van der Waals surface area contributed by atoms with Crippen LogP contribution in [0.25, 0.3) is 11.1 Å². The Kier molecular flexibility index (Phi) is 2.46. The van der Waals surface area contributed by atoms with E-state index < -0.39 is 5.95 Å². The van der Waals surface area contributed by atoms with Crippen molar-refractivity contribution in [1.29, 1.82) is 0 Å². The summed E-state index contributed by atoms with van der Waals surface area (Å²) in [6, 6.07) is 12.5. The van der Waals surface area contributed by atoms with Crippen LogP contribution in [-0.2, 0) is 0 Å². The second-order valence-electron chi connectivity index (χ2n) is 2.87. The predicted octanol–water partition coefficient (Wildman–Crippen LogP) is 3.54. The van der Waals surface area contributed by atoms with Gasteiger partial charge < -0.3 is 0 Å². The molecular weight excluding hydrogens is 201 g/mol. The Morgan fingerprint density at radius 1 is 1.00 bits per heavy atom. The summed E-state index contributed by atoms with van der Waals surface area (Å²) in [7, 11) is 0. The van der Waals surface area contributed by atoms with Crippen LogP contribution in [-0.4, -0.2) is 4.98 Å². The van der Waals surface area contributed by atoms with Gasteiger partial charge in [0, 0.05) is 6.07 Å². The number of aromatic nitrogens is 1. The first-order chi connectivity index (χ1) is 6.75. The molecule has 0 spiro atoms. The van der Waals surface area contributed by atoms with Crippen molar-refractivity contribution in [2.45, 2.75) is 0 Å². The molecule has 0 aliphatic rings. The molecule has 0 amide bonds. The predicted molar refractivity (Wildman–Crippen MR) is 54.6 cm³/mol. The number of rotatable bonds is 1. The van der Waals surface area contributed by atoms with Crippen molar-refractivity contribution in [2.24, 2.45) is 0 Å². The molecule has 1 aromatic heterocycles. The number of nitrogens with zero attached hydrogens (tertiary/aromatic N) is 1. The van der Waals surface area contributed by atoms with Gasteiger partial charge in [0.2, 0.25) is 5.95 Å². The van der Waals surface area contributed by atoms with Crippen molar-refractivity contribution < 1.29 is 4.39 Å². The maximum absolute atomic E-state index is 12.9. The van der Waals surface area contributed by atoms with Crippen molar-refractivity contribution in [3.05, 3.63) is 53.6 Å². The molecule has 0 aliphatic heterocycles. The third-order valence-corrected chi connectivity index (χ3v) is 2.06. The summed E-state index contributed by atoms with van der Waals surface area (Å²) >= 11 is 5.65. The highest BCUT2D eigenvalue weighted by atomic mass is 35.5. The minimum absolute atomic E-state index is 0.170. The van der Waals surface area contributed by atoms with Gasteiger partial charge in [0.05, 0.1) is 0 Å². The second-order valence-corrected chi connectivity index (χ2v) is 3.25. The fourth-order valence-corrected chi connectivity index (χ4v) is 1.46. The molecule has 1 nitrogen and oxygen atoms in total. The molecule has 0 radical (unpaired) electrons. The van der Waals surface area contributed by atoms with E-state index in [1.807, 2.05) is 30.3 Å². The third-order valence-electron chi connectivity index (χ3n) is 1.87. The van der Waals surface area contributed by atoms with E-state index in [9.17, 15) is 4.39 Å². The number of benzene rings is 1. The van der Waals surface area contributed by atoms with Crippen molar-refractivity contribution in [3.63, 3.8) is 0 Å². The molecule has 70 valence electrons. The zero-order valence-corrected chi connectivity index (χ0v) is 8.00. The van der Waals surface area contributed by atoms with E-state index in [1.54, 1.807) is 6.07 Å². The van der Waals surface area contributed by atoms with E-state index in [4.69, 9.17) is 11.6 Å². The molecule has 0 unspecified atom stereocenters. The maximum Gasteiger partial charge on any atom is 0.214 e. The average Bonchev–Trinajstić information content (AvgIpc) is 2.18. The SMILES string of the molecule is Fc1cc(-c2ccccc2)cc(Cl)n1. The summed E-state index contributed by atoms with van der Waals surface area (Å²) in [6.07, 6.45) is 0. The lowest BCUT2D eigenvalue weighted by molar-refractivity contribution is 0.584. The van der Waals surface area contributed by atoms with Gasteiger partial charge in [-0.1, -0.05) is 41.9 Å². The Morgan fingerprint density at radius 3 is 2.36 bits per heavy atom. The summed E-state index contributed by atoms with van der Waals surface area (Å²) in [4.78, 5) is 3.46. The van der Waals surface area contributed by atoms with Crippen LogP contribution in [0.1, 0.15) is 0 Å². The van der Waals surface area contributed by atoms with E-state index in [0.717, 1.165) is 11.1 Å². The highest BCUT2D eigenvalue weighted by molar-refractivity contribution is 6.29. The molecule has 1 heterocycles. The lowest BCUT2D eigenvalue weighted by Gasteiger charge is -2.01. The highest BCUT2D eigenvalue weighted by Crippen LogP contribution is 2.21. The quantitative estimate of drug-likeness (QED) is 0.652. The Morgan fingerprint density at radius 2 is 1.71 bits per heavy atom. The van der Waals surface area contributed by atoms with E-state index in [1.165, 1.54) is 6.07 Å². The number of hydrogen-bond donors (Lipinski definition) is 0. The van der Waals surface area contributed by atoms with Crippen LogP contribution < -0.4 is 0 Å². The van der Waals surface area contributed by atoms with Gasteiger partial charge in [-0.3, -0.25) is 0 Å². The second kappa shape index (κ2) is 3.76. The van der Waals surface area contributed by atoms with Crippen LogP contribution in [0.5, 0.6) is 0 Å². The van der Waals surface area contributed by atoms with E-state index in [-0.39, 0.29) is 5.15 Å². The molecule has 2 aromatic rings. The average molecular weight is 208 g/mol. The molecule has 2 rings (SSSR count). The van der Waals surface area contributed by atoms with Gasteiger partial charge >= 0.3 is 0 Å². The summed E-state index contributed by atoms with van der Waals surface area (Å²) in [5.74, 6) is -0.559. The molecule has 0 fully saturated rings. The van der Waals surface area contributed by atoms with E-state index >= 15 is 0 Å². The van der Waals surface area contributed by atoms with Crippen molar-refractivity contribution in [3.8, 4) is 11.1 Å². The van der Waals surface area contributed by atoms with Crippen LogP contribution in [0.15, 0.2) is 42.5 Å². The molecule has 0 atom stereocenters. The molecule has 0 saturated heterocycles. The summed E-state index contributed by atoms with van der Waals surface area (Å²) < 4.78 is 12.9. The molecule has 0 saturated carbocycles. The maximum atomic E-state index is 12.9. The molecule has 14 heavy (non-hydrogen) atoms. The first-order valence-corrected chi connectivity index (χ1v) is 4.52. The van der Waals surface area contributed by atoms with Gasteiger partial charge in [-0.05, 0) is 17.2 Å². The fraction of sp³-hybridized carbons (Fsp3) is 0. The molecule has 0 N–H and O–H groups in total. The number of halogens is 2. The molecular formula is C11H7ClFN. The fourth-order valence-electron chi connectivity index (χ4n) is 1.26. The lowest BCUT2D eigenvalue weighted by atomic mass is 10.1. The number of hydrogen-bond acceptors (Lipinski definition) is 1. The molecule has 0 bridgehead atoms. The topological polar surface area (TPSA) is 12.9 Å². The summed E-state index contributed by atoms with van der Waals surface area (Å²) in [5, 5.41) is 0.170. The largest absolute Gasteiger partial charge is 0.214 e. The first kappa shape index (κ1) is 9.16. The summed E-state index contributed by atoms with van der Waals surface area (Å²) in [6.45, 7) is 0. The van der Waals surface area contributed by atoms with Crippen molar-refractivity contribution >= 4 is 11.6 Å². The zero-order chi connectivity index (χ0) is 9.97. The van der Waals surface area contributed by atoms with Crippen LogP contribution in [0.2, 0.25) is 5.15 Å². The minimum Gasteiger partial charge on any atom is -0.208 e. The van der Waals surface area contributed by atoms with Crippen molar-refractivity contribution in [2.75, 3.05) is 0 Å². The van der Waals surface area contributed by atoms with Gasteiger partial charge in [0.25, 0.3) is 0 Å². The van der Waals surface area contributed by atoms with Crippen LogP contribution in [0, 0.1) is 5.95 Å². The standard InChI is InChI=1S/C11H7ClFN/c12-10-6-9(7-11(13)14-10)8-4-2-1-3-5-8/h1-7H. The van der Waals surface area contributed by atoms with Crippen molar-refractivity contribution in [1.82, 2.24) is 4.98 Å². The van der Waals surface area contributed by atoms with Crippen LogP contribution in [0.4, 0.5) is 4.39 Å².